The van der Waals surface area contributed by atoms with Crippen LogP contribution in [0.1, 0.15) is 56.7 Å². The van der Waals surface area contributed by atoms with E-state index in [0.29, 0.717) is 12.1 Å². The van der Waals surface area contributed by atoms with Crippen LogP contribution in [-0.2, 0) is 6.42 Å². The van der Waals surface area contributed by atoms with Gasteiger partial charge in [0.25, 0.3) is 0 Å². The third-order valence-electron chi connectivity index (χ3n) is 5.42. The van der Waals surface area contributed by atoms with Gasteiger partial charge < -0.3 is 10.2 Å². The highest BCUT2D eigenvalue weighted by Gasteiger charge is 2.34. The van der Waals surface area contributed by atoms with Crippen molar-refractivity contribution in [1.82, 2.24) is 10.2 Å². The zero-order valence-corrected chi connectivity index (χ0v) is 13.6. The summed E-state index contributed by atoms with van der Waals surface area (Å²) in [5.41, 5.74) is 2.92. The molecular formula is C19H30N2. The number of nitrogens with zero attached hydrogens (tertiary/aromatic N) is 1. The Bertz CT molecular complexity index is 431. The average Bonchev–Trinajstić information content (AvgIpc) is 2.54. The molecule has 21 heavy (non-hydrogen) atoms. The van der Waals surface area contributed by atoms with Crippen LogP contribution >= 0.6 is 0 Å². The summed E-state index contributed by atoms with van der Waals surface area (Å²) in [6, 6.07) is 10.5. The van der Waals surface area contributed by atoms with E-state index in [1.807, 2.05) is 0 Å². The molecule has 2 bridgehead atoms. The molecule has 116 valence electrons. The second-order valence-corrected chi connectivity index (χ2v) is 6.98. The molecule has 1 aromatic carbocycles. The van der Waals surface area contributed by atoms with E-state index in [2.05, 4.69) is 48.3 Å². The van der Waals surface area contributed by atoms with Gasteiger partial charge in [0, 0.05) is 18.6 Å². The highest BCUT2D eigenvalue weighted by molar-refractivity contribution is 5.25. The maximum absolute atomic E-state index is 3.89. The zero-order chi connectivity index (χ0) is 14.7. The molecule has 0 saturated carbocycles. The van der Waals surface area contributed by atoms with Crippen molar-refractivity contribution < 1.29 is 0 Å². The highest BCUT2D eigenvalue weighted by Crippen LogP contribution is 2.29. The lowest BCUT2D eigenvalue weighted by Gasteiger charge is -2.46. The van der Waals surface area contributed by atoms with Crippen molar-refractivity contribution >= 4 is 0 Å². The van der Waals surface area contributed by atoms with Gasteiger partial charge >= 0.3 is 0 Å². The number of nitrogens with one attached hydrogen (secondary N) is 1. The molecule has 3 aliphatic rings. The molecule has 2 heteroatoms. The fourth-order valence-electron chi connectivity index (χ4n) is 3.93. The van der Waals surface area contributed by atoms with Gasteiger partial charge in [-0.05, 0) is 62.7 Å². The van der Waals surface area contributed by atoms with Crippen molar-refractivity contribution in [3.63, 3.8) is 0 Å². The molecule has 2 atom stereocenters. The van der Waals surface area contributed by atoms with E-state index in [4.69, 9.17) is 0 Å². The molecule has 3 saturated heterocycles. The van der Waals surface area contributed by atoms with Crippen LogP contribution < -0.4 is 5.32 Å². The van der Waals surface area contributed by atoms with Crippen LogP contribution in [0, 0.1) is 5.92 Å². The standard InChI is InChI=1S/C19H30N2/c1-3-4-5-16-6-8-17(9-7-16)15(2)20-19-14-21-12-10-18(19)11-13-21/h6-9,15,18-20H,3-5,10-14H2,1-2H3. The molecule has 3 fully saturated rings. The van der Waals surface area contributed by atoms with E-state index < -0.39 is 0 Å². The van der Waals surface area contributed by atoms with E-state index in [1.165, 1.54) is 62.9 Å². The van der Waals surface area contributed by atoms with E-state index in [0.717, 1.165) is 5.92 Å². The molecule has 0 aliphatic carbocycles. The Hall–Kier alpha value is -0.860. The Morgan fingerprint density at radius 2 is 1.90 bits per heavy atom. The Morgan fingerprint density at radius 3 is 2.48 bits per heavy atom. The smallest absolute Gasteiger partial charge is 0.0295 e. The summed E-state index contributed by atoms with van der Waals surface area (Å²) < 4.78 is 0. The van der Waals surface area contributed by atoms with Crippen LogP contribution in [0.3, 0.4) is 0 Å². The second-order valence-electron chi connectivity index (χ2n) is 6.98. The van der Waals surface area contributed by atoms with Gasteiger partial charge in [0.2, 0.25) is 0 Å². The fraction of sp³-hybridized carbons (Fsp3) is 0.684. The molecule has 0 aromatic heterocycles. The molecular weight excluding hydrogens is 256 g/mol. The SMILES string of the molecule is CCCCc1ccc(C(C)NC2CN3CCC2CC3)cc1. The van der Waals surface area contributed by atoms with E-state index in [1.54, 1.807) is 0 Å². The molecule has 3 heterocycles. The lowest BCUT2D eigenvalue weighted by molar-refractivity contribution is 0.0680. The minimum absolute atomic E-state index is 0.468. The lowest BCUT2D eigenvalue weighted by atomic mass is 9.83. The number of hydrogen-bond acceptors (Lipinski definition) is 2. The van der Waals surface area contributed by atoms with Gasteiger partial charge in [-0.25, -0.2) is 0 Å². The average molecular weight is 286 g/mol. The van der Waals surface area contributed by atoms with Crippen molar-refractivity contribution in [1.29, 1.82) is 0 Å². The summed E-state index contributed by atoms with van der Waals surface area (Å²) in [7, 11) is 0. The summed E-state index contributed by atoms with van der Waals surface area (Å²) in [5.74, 6) is 0.904. The van der Waals surface area contributed by atoms with Gasteiger partial charge in [0.1, 0.15) is 0 Å². The highest BCUT2D eigenvalue weighted by atomic mass is 15.2. The fourth-order valence-corrected chi connectivity index (χ4v) is 3.93. The van der Waals surface area contributed by atoms with Gasteiger partial charge in [-0.3, -0.25) is 0 Å². The van der Waals surface area contributed by atoms with Crippen LogP contribution in [0.5, 0.6) is 0 Å². The quantitative estimate of drug-likeness (QED) is 0.856. The summed E-state index contributed by atoms with van der Waals surface area (Å²) >= 11 is 0. The third-order valence-corrected chi connectivity index (χ3v) is 5.42. The Morgan fingerprint density at radius 1 is 1.19 bits per heavy atom. The molecule has 0 radical (unpaired) electrons. The number of rotatable bonds is 6. The number of piperidine rings is 3. The summed E-state index contributed by atoms with van der Waals surface area (Å²) in [6.45, 7) is 8.48. The zero-order valence-electron chi connectivity index (χ0n) is 13.6. The number of unbranched alkanes of at least 4 members (excludes halogenated alkanes) is 1. The normalized spacial score (nSPS) is 29.5. The van der Waals surface area contributed by atoms with Crippen molar-refractivity contribution in [2.45, 2.75) is 58.0 Å². The molecule has 1 aromatic rings. The van der Waals surface area contributed by atoms with Crippen molar-refractivity contribution in [3.05, 3.63) is 35.4 Å². The number of fused-ring (bicyclic) bond motifs is 3. The van der Waals surface area contributed by atoms with Crippen molar-refractivity contribution in [3.8, 4) is 0 Å². The van der Waals surface area contributed by atoms with E-state index in [9.17, 15) is 0 Å². The van der Waals surface area contributed by atoms with Gasteiger partial charge in [0.15, 0.2) is 0 Å². The number of benzene rings is 1. The molecule has 0 spiro atoms. The first kappa shape index (κ1) is 15.1. The molecule has 4 rings (SSSR count). The third kappa shape index (κ3) is 3.67. The first-order valence-corrected chi connectivity index (χ1v) is 8.83. The molecule has 2 unspecified atom stereocenters. The summed E-state index contributed by atoms with van der Waals surface area (Å²) in [6.07, 6.45) is 6.57. The predicted molar refractivity (Wildman–Crippen MR) is 89.6 cm³/mol. The monoisotopic (exact) mass is 286 g/mol. The van der Waals surface area contributed by atoms with Crippen LogP contribution in [0.15, 0.2) is 24.3 Å². The van der Waals surface area contributed by atoms with Crippen LogP contribution in [0.25, 0.3) is 0 Å². The first-order chi connectivity index (χ1) is 10.3. The first-order valence-electron chi connectivity index (χ1n) is 8.83. The topological polar surface area (TPSA) is 15.3 Å². The minimum Gasteiger partial charge on any atom is -0.306 e. The molecule has 0 amide bonds. The van der Waals surface area contributed by atoms with Gasteiger partial charge in [-0.2, -0.15) is 0 Å². The summed E-state index contributed by atoms with van der Waals surface area (Å²) in [4.78, 5) is 2.62. The Labute approximate surface area is 129 Å². The number of hydrogen-bond donors (Lipinski definition) is 1. The van der Waals surface area contributed by atoms with Crippen molar-refractivity contribution in [2.75, 3.05) is 19.6 Å². The van der Waals surface area contributed by atoms with Gasteiger partial charge in [-0.15, -0.1) is 0 Å². The van der Waals surface area contributed by atoms with Gasteiger partial charge in [-0.1, -0.05) is 37.6 Å². The lowest BCUT2D eigenvalue weighted by Crippen LogP contribution is -2.56. The second kappa shape index (κ2) is 6.93. The molecule has 1 N–H and O–H groups in total. The van der Waals surface area contributed by atoms with Gasteiger partial charge in [0.05, 0.1) is 0 Å². The Kier molecular flexibility index (Phi) is 4.97. The maximum atomic E-state index is 3.89. The minimum atomic E-state index is 0.468. The Balaban J connectivity index is 1.56. The van der Waals surface area contributed by atoms with Crippen molar-refractivity contribution in [2.24, 2.45) is 5.92 Å². The summed E-state index contributed by atoms with van der Waals surface area (Å²) in [5, 5.41) is 3.89. The molecule has 3 aliphatic heterocycles. The maximum Gasteiger partial charge on any atom is 0.0295 e. The van der Waals surface area contributed by atoms with Crippen LogP contribution in [0.4, 0.5) is 0 Å². The number of aryl methyl sites for hydroxylation is 1. The predicted octanol–water partition coefficient (Wildman–Crippen LogP) is 3.77. The van der Waals surface area contributed by atoms with E-state index in [-0.39, 0.29) is 0 Å². The van der Waals surface area contributed by atoms with Crippen LogP contribution in [0.2, 0.25) is 0 Å². The molecule has 2 nitrogen and oxygen atoms in total. The van der Waals surface area contributed by atoms with E-state index >= 15 is 0 Å². The van der Waals surface area contributed by atoms with Crippen LogP contribution in [-0.4, -0.2) is 30.6 Å². The largest absolute Gasteiger partial charge is 0.306 e.